The van der Waals surface area contributed by atoms with Crippen molar-refractivity contribution in [3.8, 4) is 11.5 Å². The average molecular weight is 355 g/mol. The number of aromatic nitrogens is 2. The lowest BCUT2D eigenvalue weighted by atomic mass is 9.97. The van der Waals surface area contributed by atoms with E-state index in [0.29, 0.717) is 36.6 Å². The Hall–Kier alpha value is -3.36. The van der Waals surface area contributed by atoms with Gasteiger partial charge < -0.3 is 25.7 Å². The fourth-order valence-electron chi connectivity index (χ4n) is 3.27. The number of fused-ring (bicyclic) bond motifs is 2. The Morgan fingerprint density at radius 1 is 1.35 bits per heavy atom. The zero-order valence-electron chi connectivity index (χ0n) is 13.8. The van der Waals surface area contributed by atoms with E-state index in [1.54, 1.807) is 4.68 Å². The molecular formula is C17H17N5O4. The van der Waals surface area contributed by atoms with Crippen molar-refractivity contribution in [1.29, 1.82) is 0 Å². The van der Waals surface area contributed by atoms with Crippen molar-refractivity contribution in [2.75, 3.05) is 12.5 Å². The van der Waals surface area contributed by atoms with Gasteiger partial charge in [0.2, 0.25) is 6.79 Å². The fraction of sp³-hybridized carbons (Fsp3) is 0.294. The number of aliphatic imine (C=N–C) groups is 1. The summed E-state index contributed by atoms with van der Waals surface area (Å²) in [4.78, 5) is 27.2. The van der Waals surface area contributed by atoms with Gasteiger partial charge in [0.25, 0.3) is 5.91 Å². The van der Waals surface area contributed by atoms with E-state index >= 15 is 0 Å². The van der Waals surface area contributed by atoms with Crippen LogP contribution in [0.4, 0.5) is 11.6 Å². The van der Waals surface area contributed by atoms with Crippen LogP contribution in [0.15, 0.2) is 23.2 Å². The molecule has 1 unspecified atom stereocenters. The maximum absolute atomic E-state index is 11.8. The number of aldehydes is 1. The second kappa shape index (κ2) is 6.17. The molecule has 9 heteroatoms. The number of rotatable bonds is 5. The minimum Gasteiger partial charge on any atom is -0.454 e. The van der Waals surface area contributed by atoms with Crippen molar-refractivity contribution in [1.82, 2.24) is 9.78 Å². The van der Waals surface area contributed by atoms with E-state index in [1.807, 2.05) is 18.2 Å². The van der Waals surface area contributed by atoms with E-state index in [1.165, 1.54) is 0 Å². The molecule has 1 atom stereocenters. The molecule has 0 spiro atoms. The zero-order valence-corrected chi connectivity index (χ0v) is 13.8. The number of nitrogen functional groups attached to an aromatic ring is 1. The third kappa shape index (κ3) is 2.57. The lowest BCUT2D eigenvalue weighted by Crippen LogP contribution is -2.21. The molecule has 4 rings (SSSR count). The number of carbonyl (C=O) groups excluding carboxylic acids is 2. The molecule has 26 heavy (non-hydrogen) atoms. The van der Waals surface area contributed by atoms with Crippen LogP contribution in [0.5, 0.6) is 11.5 Å². The highest BCUT2D eigenvalue weighted by atomic mass is 16.7. The van der Waals surface area contributed by atoms with Gasteiger partial charge in [0, 0.05) is 18.4 Å². The van der Waals surface area contributed by atoms with Crippen LogP contribution in [0, 0.1) is 0 Å². The van der Waals surface area contributed by atoms with Crippen LogP contribution in [-0.4, -0.2) is 34.5 Å². The van der Waals surface area contributed by atoms with Crippen LogP contribution < -0.4 is 20.9 Å². The zero-order chi connectivity index (χ0) is 18.3. The predicted octanol–water partition coefficient (Wildman–Crippen LogP) is 1.34. The van der Waals surface area contributed by atoms with Gasteiger partial charge in [-0.1, -0.05) is 0 Å². The molecule has 0 bridgehead atoms. The highest BCUT2D eigenvalue weighted by molar-refractivity contribution is 6.07. The van der Waals surface area contributed by atoms with Gasteiger partial charge in [-0.25, -0.2) is 9.67 Å². The van der Waals surface area contributed by atoms with Crippen LogP contribution in [0.1, 0.15) is 41.2 Å². The summed E-state index contributed by atoms with van der Waals surface area (Å²) in [6.45, 7) is 0.183. The molecule has 4 N–H and O–H groups in total. The fourth-order valence-corrected chi connectivity index (χ4v) is 3.27. The third-order valence-corrected chi connectivity index (χ3v) is 4.50. The first kappa shape index (κ1) is 16.1. The molecule has 0 aliphatic carbocycles. The largest absolute Gasteiger partial charge is 0.454 e. The number of primary amides is 1. The number of hydrogen-bond acceptors (Lipinski definition) is 7. The Bertz CT molecular complexity index is 933. The summed E-state index contributed by atoms with van der Waals surface area (Å²) < 4.78 is 12.3. The summed E-state index contributed by atoms with van der Waals surface area (Å²) in [6, 6.07) is 5.39. The molecule has 0 radical (unpaired) electrons. The number of ether oxygens (including phenoxy) is 2. The molecule has 1 aromatic carbocycles. The maximum atomic E-state index is 11.8. The molecule has 1 aromatic heterocycles. The van der Waals surface area contributed by atoms with Gasteiger partial charge in [-0.15, -0.1) is 0 Å². The van der Waals surface area contributed by atoms with Gasteiger partial charge in [0.15, 0.2) is 23.1 Å². The van der Waals surface area contributed by atoms with E-state index < -0.39 is 5.91 Å². The van der Waals surface area contributed by atoms with Gasteiger partial charge in [-0.3, -0.25) is 4.79 Å². The van der Waals surface area contributed by atoms with Gasteiger partial charge in [-0.2, -0.15) is 5.10 Å². The van der Waals surface area contributed by atoms with Gasteiger partial charge in [0.05, 0.1) is 11.8 Å². The lowest BCUT2D eigenvalue weighted by molar-refractivity contribution is -0.108. The first-order valence-electron chi connectivity index (χ1n) is 8.17. The quantitative estimate of drug-likeness (QED) is 0.777. The highest BCUT2D eigenvalue weighted by Gasteiger charge is 2.30. The van der Waals surface area contributed by atoms with Crippen LogP contribution in [0.3, 0.4) is 0 Å². The molecule has 2 aliphatic rings. The van der Waals surface area contributed by atoms with E-state index in [-0.39, 0.29) is 24.2 Å². The summed E-state index contributed by atoms with van der Waals surface area (Å²) >= 11 is 0. The van der Waals surface area contributed by atoms with Crippen molar-refractivity contribution in [2.45, 2.75) is 25.3 Å². The summed E-state index contributed by atoms with van der Waals surface area (Å²) in [7, 11) is 0. The standard InChI is InChI=1S/C17H17N5O4/c18-15-14(16(19)24)17-20-11(7-10(2-1-5-23)22(17)21-15)9-3-4-12-13(6-9)26-8-25-12/h3-6,10H,1-2,7-8H2,(H2,18,21)(H2,19,24). The van der Waals surface area contributed by atoms with Crippen LogP contribution in [0.25, 0.3) is 0 Å². The molecule has 3 heterocycles. The molecule has 0 saturated carbocycles. The second-order valence-corrected chi connectivity index (χ2v) is 6.12. The maximum Gasteiger partial charge on any atom is 0.256 e. The monoisotopic (exact) mass is 355 g/mol. The van der Waals surface area contributed by atoms with E-state index in [4.69, 9.17) is 20.9 Å². The normalized spacial score (nSPS) is 17.5. The predicted molar refractivity (Wildman–Crippen MR) is 92.9 cm³/mol. The summed E-state index contributed by atoms with van der Waals surface area (Å²) in [5.41, 5.74) is 13.0. The molecule has 0 fully saturated rings. The molecule has 0 saturated heterocycles. The number of anilines is 1. The first-order chi connectivity index (χ1) is 12.6. The van der Waals surface area contributed by atoms with Crippen molar-refractivity contribution in [3.05, 3.63) is 29.3 Å². The van der Waals surface area contributed by atoms with Crippen molar-refractivity contribution in [3.63, 3.8) is 0 Å². The molecule has 9 nitrogen and oxygen atoms in total. The van der Waals surface area contributed by atoms with Crippen molar-refractivity contribution in [2.24, 2.45) is 10.7 Å². The van der Waals surface area contributed by atoms with Gasteiger partial charge in [0.1, 0.15) is 11.8 Å². The topological polar surface area (TPSA) is 135 Å². The van der Waals surface area contributed by atoms with E-state index in [0.717, 1.165) is 17.6 Å². The smallest absolute Gasteiger partial charge is 0.256 e. The first-order valence-corrected chi connectivity index (χ1v) is 8.17. The summed E-state index contributed by atoms with van der Waals surface area (Å²) in [5.74, 6) is 0.996. The summed E-state index contributed by atoms with van der Waals surface area (Å²) in [5, 5.41) is 4.22. The minimum absolute atomic E-state index is 0.0410. The van der Waals surface area contributed by atoms with Gasteiger partial charge in [-0.05, 0) is 24.6 Å². The Balaban J connectivity index is 1.80. The van der Waals surface area contributed by atoms with Crippen LogP contribution in [-0.2, 0) is 4.79 Å². The number of benzene rings is 1. The Kier molecular flexibility index (Phi) is 3.83. The van der Waals surface area contributed by atoms with Crippen molar-refractivity contribution < 1.29 is 19.1 Å². The number of amides is 1. The number of nitrogens with two attached hydrogens (primary N) is 2. The number of nitrogens with zero attached hydrogens (tertiary/aromatic N) is 3. The molecular weight excluding hydrogens is 338 g/mol. The Labute approximate surface area is 148 Å². The third-order valence-electron chi connectivity index (χ3n) is 4.50. The molecule has 2 aliphatic heterocycles. The van der Waals surface area contributed by atoms with E-state index in [9.17, 15) is 9.59 Å². The molecule has 2 aromatic rings. The molecule has 134 valence electrons. The van der Waals surface area contributed by atoms with Crippen molar-refractivity contribution >= 4 is 29.5 Å². The average Bonchev–Trinajstić information content (AvgIpc) is 3.21. The SMILES string of the molecule is NC(=O)c1c(N)nn2c1N=C(c1ccc3c(c1)OCO3)CC2CCC=O. The highest BCUT2D eigenvalue weighted by Crippen LogP contribution is 2.38. The number of hydrogen-bond donors (Lipinski definition) is 2. The second-order valence-electron chi connectivity index (χ2n) is 6.12. The minimum atomic E-state index is -0.687. The van der Waals surface area contributed by atoms with Crippen LogP contribution >= 0.6 is 0 Å². The summed E-state index contributed by atoms with van der Waals surface area (Å²) in [6.07, 6.45) is 2.32. The molecule has 1 amide bonds. The number of carbonyl (C=O) groups is 2. The van der Waals surface area contributed by atoms with Gasteiger partial charge >= 0.3 is 0 Å². The van der Waals surface area contributed by atoms with Crippen LogP contribution in [0.2, 0.25) is 0 Å². The Morgan fingerprint density at radius 2 is 2.15 bits per heavy atom. The van der Waals surface area contributed by atoms with E-state index in [2.05, 4.69) is 10.1 Å². The Morgan fingerprint density at radius 3 is 2.92 bits per heavy atom. The lowest BCUT2D eigenvalue weighted by Gasteiger charge is -2.24.